The average Bonchev–Trinajstić information content (AvgIpc) is 2.53. The van der Waals surface area contributed by atoms with E-state index in [1.54, 1.807) is 0 Å². The smallest absolute Gasteiger partial charge is 0.472 e. The number of carbonyl (C=O) groups is 2. The molecule has 0 aliphatic heterocycles. The van der Waals surface area contributed by atoms with E-state index in [2.05, 4.69) is 37.5 Å². The molecule has 144 valence electrons. The normalized spacial score (nSPS) is 9.44. The van der Waals surface area contributed by atoms with Crippen molar-refractivity contribution in [1.29, 1.82) is 0 Å². The summed E-state index contributed by atoms with van der Waals surface area (Å²) in [5.41, 5.74) is 0. The largest absolute Gasteiger partial charge is 0.503 e. The second kappa shape index (κ2) is 24.1. The lowest BCUT2D eigenvalue weighted by Crippen LogP contribution is -1.93. The Morgan fingerprint density at radius 1 is 0.920 bits per heavy atom. The van der Waals surface area contributed by atoms with E-state index in [-0.39, 0.29) is 5.92 Å². The summed E-state index contributed by atoms with van der Waals surface area (Å²) in [6, 6.07) is 0. The molecule has 0 saturated carbocycles. The van der Waals surface area contributed by atoms with Crippen LogP contribution in [0.3, 0.4) is 0 Å². The first-order valence-corrected chi connectivity index (χ1v) is 8.87. The SMILES string of the molecule is CC#CCCCCCC.CCCCCC(C)C#CC(=O)O.O=C(O)O. The Balaban J connectivity index is -0.000000328. The molecule has 3 N–H and O–H groups in total. The summed E-state index contributed by atoms with van der Waals surface area (Å²) in [6.45, 7) is 8.24. The Morgan fingerprint density at radius 2 is 1.44 bits per heavy atom. The third-order valence-electron chi connectivity index (χ3n) is 3.00. The number of unbranched alkanes of at least 4 members (excludes halogenated alkanes) is 6. The van der Waals surface area contributed by atoms with Crippen molar-refractivity contribution < 1.29 is 24.9 Å². The quantitative estimate of drug-likeness (QED) is 0.395. The highest BCUT2D eigenvalue weighted by Crippen LogP contribution is 2.07. The molecular weight excluding hydrogens is 320 g/mol. The Labute approximate surface area is 152 Å². The van der Waals surface area contributed by atoms with Crippen molar-refractivity contribution in [3.05, 3.63) is 0 Å². The molecule has 25 heavy (non-hydrogen) atoms. The van der Waals surface area contributed by atoms with Gasteiger partial charge in [0.05, 0.1) is 0 Å². The molecule has 0 fully saturated rings. The monoisotopic (exact) mass is 354 g/mol. The summed E-state index contributed by atoms with van der Waals surface area (Å²) in [5.74, 6) is 9.97. The number of rotatable bonds is 8. The van der Waals surface area contributed by atoms with E-state index < -0.39 is 12.1 Å². The predicted molar refractivity (Wildman–Crippen MR) is 102 cm³/mol. The molecule has 0 aromatic carbocycles. The van der Waals surface area contributed by atoms with Gasteiger partial charge in [0.2, 0.25) is 0 Å². The summed E-state index contributed by atoms with van der Waals surface area (Å²) < 4.78 is 0. The summed E-state index contributed by atoms with van der Waals surface area (Å²) in [4.78, 5) is 18.6. The Hall–Kier alpha value is -2.14. The van der Waals surface area contributed by atoms with Crippen molar-refractivity contribution in [1.82, 2.24) is 0 Å². The highest BCUT2D eigenvalue weighted by molar-refractivity contribution is 5.86. The molecule has 1 unspecified atom stereocenters. The van der Waals surface area contributed by atoms with Gasteiger partial charge in [0.15, 0.2) is 0 Å². The minimum atomic E-state index is -1.83. The van der Waals surface area contributed by atoms with Gasteiger partial charge in [-0.2, -0.15) is 0 Å². The molecule has 0 radical (unpaired) electrons. The van der Waals surface area contributed by atoms with Crippen LogP contribution < -0.4 is 0 Å². The van der Waals surface area contributed by atoms with Crippen LogP contribution in [0.5, 0.6) is 0 Å². The van der Waals surface area contributed by atoms with E-state index >= 15 is 0 Å². The van der Waals surface area contributed by atoms with Crippen LogP contribution in [0.25, 0.3) is 0 Å². The van der Waals surface area contributed by atoms with E-state index in [0.717, 1.165) is 19.3 Å². The maximum Gasteiger partial charge on any atom is 0.503 e. The molecule has 5 nitrogen and oxygen atoms in total. The lowest BCUT2D eigenvalue weighted by Gasteiger charge is -2.00. The minimum Gasteiger partial charge on any atom is -0.472 e. The number of carboxylic acid groups (broad SMARTS) is 3. The van der Waals surface area contributed by atoms with Crippen LogP contribution in [0.15, 0.2) is 0 Å². The number of hydrogen-bond donors (Lipinski definition) is 3. The lowest BCUT2D eigenvalue weighted by atomic mass is 10.0. The predicted octanol–water partition coefficient (Wildman–Crippen LogP) is 5.49. The van der Waals surface area contributed by atoms with Crippen molar-refractivity contribution >= 4 is 12.1 Å². The van der Waals surface area contributed by atoms with Crippen LogP contribution in [-0.2, 0) is 4.79 Å². The van der Waals surface area contributed by atoms with Crippen LogP contribution >= 0.6 is 0 Å². The average molecular weight is 354 g/mol. The van der Waals surface area contributed by atoms with Crippen molar-refractivity contribution in [2.75, 3.05) is 0 Å². The maximum absolute atomic E-state index is 10.1. The molecule has 0 spiro atoms. The van der Waals surface area contributed by atoms with Gasteiger partial charge in [-0.1, -0.05) is 65.2 Å². The van der Waals surface area contributed by atoms with Gasteiger partial charge in [-0.05, 0) is 19.8 Å². The van der Waals surface area contributed by atoms with Crippen LogP contribution in [-0.4, -0.2) is 27.4 Å². The minimum absolute atomic E-state index is 0.215. The highest BCUT2D eigenvalue weighted by Gasteiger charge is 1.96. The molecular formula is C20H34O5. The van der Waals surface area contributed by atoms with E-state index in [0.29, 0.717) is 0 Å². The van der Waals surface area contributed by atoms with Gasteiger partial charge in [-0.15, -0.1) is 11.8 Å². The molecule has 1 atom stereocenters. The topological polar surface area (TPSA) is 94.8 Å². The van der Waals surface area contributed by atoms with E-state index in [1.807, 2.05) is 13.8 Å². The molecule has 0 rings (SSSR count). The van der Waals surface area contributed by atoms with Gasteiger partial charge in [0.25, 0.3) is 0 Å². The third kappa shape index (κ3) is 44.9. The van der Waals surface area contributed by atoms with Gasteiger partial charge in [-0.3, -0.25) is 0 Å². The molecule has 5 heteroatoms. The number of aliphatic carboxylic acids is 1. The fourth-order valence-corrected chi connectivity index (χ4v) is 1.72. The Kier molecular flexibility index (Phi) is 26.7. The first-order valence-electron chi connectivity index (χ1n) is 8.87. The Bertz CT molecular complexity index is 430. The molecule has 0 aromatic heterocycles. The van der Waals surface area contributed by atoms with Crippen molar-refractivity contribution in [2.45, 2.75) is 85.5 Å². The first-order chi connectivity index (χ1) is 11.8. The van der Waals surface area contributed by atoms with Crippen molar-refractivity contribution in [2.24, 2.45) is 5.92 Å². The molecule has 0 aliphatic rings. The van der Waals surface area contributed by atoms with Crippen LogP contribution in [0.4, 0.5) is 4.79 Å². The van der Waals surface area contributed by atoms with E-state index in [1.165, 1.54) is 38.5 Å². The summed E-state index contributed by atoms with van der Waals surface area (Å²) >= 11 is 0. The molecule has 0 aromatic rings. The second-order valence-electron chi connectivity index (χ2n) is 5.49. The third-order valence-corrected chi connectivity index (χ3v) is 3.00. The van der Waals surface area contributed by atoms with Gasteiger partial charge >= 0.3 is 12.1 Å². The van der Waals surface area contributed by atoms with Crippen LogP contribution in [0.1, 0.15) is 85.5 Å². The highest BCUT2D eigenvalue weighted by atomic mass is 16.6. The lowest BCUT2D eigenvalue weighted by molar-refractivity contribution is -0.130. The molecule has 0 amide bonds. The molecule has 0 bridgehead atoms. The van der Waals surface area contributed by atoms with Gasteiger partial charge in [0.1, 0.15) is 0 Å². The van der Waals surface area contributed by atoms with Gasteiger partial charge < -0.3 is 15.3 Å². The van der Waals surface area contributed by atoms with E-state index in [4.69, 9.17) is 20.1 Å². The van der Waals surface area contributed by atoms with Crippen molar-refractivity contribution in [3.63, 3.8) is 0 Å². The molecule has 0 aliphatic carbocycles. The zero-order valence-electron chi connectivity index (χ0n) is 16.1. The number of hydrogen-bond acceptors (Lipinski definition) is 2. The summed E-state index contributed by atoms with van der Waals surface area (Å²) in [5, 5.41) is 22.2. The summed E-state index contributed by atoms with van der Waals surface area (Å²) in [7, 11) is 0. The fraction of sp³-hybridized carbons (Fsp3) is 0.700. The van der Waals surface area contributed by atoms with Crippen LogP contribution in [0, 0.1) is 29.6 Å². The van der Waals surface area contributed by atoms with Gasteiger partial charge in [-0.25, -0.2) is 9.59 Å². The molecule has 0 heterocycles. The summed E-state index contributed by atoms with van der Waals surface area (Å²) in [6.07, 6.45) is 9.14. The zero-order valence-corrected chi connectivity index (χ0v) is 16.1. The Morgan fingerprint density at radius 3 is 1.88 bits per heavy atom. The van der Waals surface area contributed by atoms with Crippen molar-refractivity contribution in [3.8, 4) is 23.7 Å². The van der Waals surface area contributed by atoms with Gasteiger partial charge in [0, 0.05) is 18.3 Å². The molecule has 0 saturated heterocycles. The standard InChI is InChI=1S/C10H16O2.C9H16.CH2O3/c1-3-4-5-6-9(2)7-8-10(11)12;1-3-5-7-9-8-6-4-2;2-1(3)4/h9H,3-6H2,1-2H3,(H,11,12);3,5,7-9H2,1-2H3;(H2,2,3,4). The second-order valence-corrected chi connectivity index (χ2v) is 5.49. The fourth-order valence-electron chi connectivity index (χ4n) is 1.72. The van der Waals surface area contributed by atoms with Crippen LogP contribution in [0.2, 0.25) is 0 Å². The maximum atomic E-state index is 10.1. The van der Waals surface area contributed by atoms with E-state index in [9.17, 15) is 4.79 Å². The number of carboxylic acids is 1. The zero-order chi connectivity index (χ0) is 19.9. The first kappa shape index (κ1) is 27.7.